The third-order valence-corrected chi connectivity index (χ3v) is 22.3. The van der Waals surface area contributed by atoms with Crippen LogP contribution in [0.25, 0.3) is 0 Å². The molecule has 3 aliphatic heterocycles. The van der Waals surface area contributed by atoms with Crippen molar-refractivity contribution in [3.63, 3.8) is 0 Å². The molecule has 0 saturated carbocycles. The van der Waals surface area contributed by atoms with Crippen LogP contribution in [0.5, 0.6) is 0 Å². The highest BCUT2D eigenvalue weighted by Crippen LogP contribution is 2.34. The monoisotopic (exact) mass is 1610 g/mol. The number of hydrogen-bond acceptors (Lipinski definition) is 18. The molecule has 0 spiro atoms. The van der Waals surface area contributed by atoms with E-state index in [1.165, 1.54) is 238 Å². The standard InChI is InChI=1S/C95H167NO18/c1-3-5-7-9-11-13-15-17-19-21-23-25-27-29-31-33-35-37-38-39-40-41-43-45-47-49-51-53-55-57-59-61-63-65-67-69-71-73-83(101)96-78(79(100)72-70-68-66-64-62-60-58-56-54-52-50-48-46-44-42-36-34-32-30-28-26-24-22-20-18-16-14-12-10-8-6-4-2)77-109-93-89(107)86(104)91(81(75-98)111-93)114-95-90(108)87(105)92(82(76-99)112-95)113-94-88(106)85(103)84(102)80(74-97)110-94/h5,7,11,13,17,19,23,25,29,31,35,37,54,56,62,64,70,72,78-82,84-95,97-100,102-108H,3-4,6,8-10,12,14-16,18,20-22,24,26-28,30,32-34,36,38-53,55,57-61,63,65-69,71,73-77H2,1-2H3,(H,96,101)/b7-5-,13-11-,19-17-,25-23-,31-29-,37-35-,56-54+,64-62+,72-70+. The zero-order valence-electron chi connectivity index (χ0n) is 71.3. The number of carbonyl (C=O) groups is 1. The lowest BCUT2D eigenvalue weighted by molar-refractivity contribution is -0.379. The fraction of sp³-hybridized carbons (Fsp3) is 0.800. The largest absolute Gasteiger partial charge is 0.394 e. The Morgan fingerprint density at radius 1 is 0.325 bits per heavy atom. The Hall–Kier alpha value is -3.55. The molecule has 19 heteroatoms. The molecule has 0 aromatic heterocycles. The molecular formula is C95H167NO18. The molecule has 0 aliphatic carbocycles. The smallest absolute Gasteiger partial charge is 0.220 e. The lowest BCUT2D eigenvalue weighted by atomic mass is 9.96. The van der Waals surface area contributed by atoms with Crippen LogP contribution in [-0.2, 0) is 33.2 Å². The van der Waals surface area contributed by atoms with Gasteiger partial charge in [0, 0.05) is 6.42 Å². The van der Waals surface area contributed by atoms with Gasteiger partial charge in [-0.3, -0.25) is 4.79 Å². The summed E-state index contributed by atoms with van der Waals surface area (Å²) in [6, 6.07) is -1.00. The van der Waals surface area contributed by atoms with Gasteiger partial charge in [0.1, 0.15) is 73.2 Å². The number of hydrogen-bond donors (Lipinski definition) is 12. The second-order valence-electron chi connectivity index (χ2n) is 32.4. The molecule has 660 valence electrons. The SMILES string of the molecule is CC/C=C\C/C=C\C/C=C\C/C=C\C/C=C\C/C=C\CCCCCCCCCCCCCCCCCCCCC(=O)NC(COC1OC(CO)C(OC2OC(CO)C(OC3OC(CO)C(O)C(O)C3O)C(O)C2O)C(O)C1O)C(O)/C=C/CC/C=C/CC/C=C/CCCCCCCCCCCCCCCCCCCCCCCC. The molecule has 1 amide bonds. The maximum absolute atomic E-state index is 13.5. The first kappa shape index (κ1) is 105. The Morgan fingerprint density at radius 2 is 0.614 bits per heavy atom. The van der Waals surface area contributed by atoms with E-state index in [0.29, 0.717) is 12.8 Å². The Bertz CT molecular complexity index is 2480. The van der Waals surface area contributed by atoms with Crippen molar-refractivity contribution in [3.8, 4) is 0 Å². The molecule has 0 bridgehead atoms. The molecule has 17 atom stereocenters. The van der Waals surface area contributed by atoms with Crippen LogP contribution in [0, 0.1) is 0 Å². The first-order valence-electron chi connectivity index (χ1n) is 46.1. The molecule has 3 aliphatic rings. The average molecular weight is 1610 g/mol. The van der Waals surface area contributed by atoms with Crippen molar-refractivity contribution in [3.05, 3.63) is 109 Å². The van der Waals surface area contributed by atoms with E-state index in [9.17, 15) is 61.0 Å². The minimum atomic E-state index is -1.99. The first-order chi connectivity index (χ1) is 55.8. The number of nitrogens with one attached hydrogen (secondary N) is 1. The van der Waals surface area contributed by atoms with Gasteiger partial charge in [-0.2, -0.15) is 0 Å². The van der Waals surface area contributed by atoms with Crippen LogP contribution in [0.4, 0.5) is 0 Å². The molecular weight excluding hydrogens is 1440 g/mol. The lowest BCUT2D eigenvalue weighted by Crippen LogP contribution is -2.66. The fourth-order valence-electron chi connectivity index (χ4n) is 15.0. The Labute approximate surface area is 691 Å². The molecule has 0 aromatic carbocycles. The molecule has 19 nitrogen and oxygen atoms in total. The molecule has 114 heavy (non-hydrogen) atoms. The zero-order chi connectivity index (χ0) is 82.4. The summed E-state index contributed by atoms with van der Waals surface area (Å²) in [6.07, 6.45) is 76.8. The Morgan fingerprint density at radius 3 is 0.982 bits per heavy atom. The summed E-state index contributed by atoms with van der Waals surface area (Å²) in [4.78, 5) is 13.5. The van der Waals surface area contributed by atoms with Crippen LogP contribution in [0.3, 0.4) is 0 Å². The molecule has 3 heterocycles. The van der Waals surface area contributed by atoms with E-state index in [1.807, 2.05) is 6.08 Å². The lowest BCUT2D eigenvalue weighted by Gasteiger charge is -2.48. The Kier molecular flexibility index (Phi) is 67.4. The molecule has 0 radical (unpaired) electrons. The summed E-state index contributed by atoms with van der Waals surface area (Å²) in [5.41, 5.74) is 0. The highest BCUT2D eigenvalue weighted by Gasteiger charge is 2.54. The van der Waals surface area contributed by atoms with Crippen LogP contribution in [0.1, 0.15) is 354 Å². The molecule has 3 rings (SSSR count). The molecule has 12 N–H and O–H groups in total. The van der Waals surface area contributed by atoms with Crippen molar-refractivity contribution in [1.29, 1.82) is 0 Å². The topological polar surface area (TPSA) is 307 Å². The van der Waals surface area contributed by atoms with Gasteiger partial charge in [-0.25, -0.2) is 0 Å². The quantitative estimate of drug-likeness (QED) is 0.0199. The van der Waals surface area contributed by atoms with Gasteiger partial charge in [0.25, 0.3) is 0 Å². The van der Waals surface area contributed by atoms with E-state index >= 15 is 0 Å². The van der Waals surface area contributed by atoms with Crippen LogP contribution < -0.4 is 5.32 Å². The fourth-order valence-corrected chi connectivity index (χ4v) is 15.0. The number of ether oxygens (including phenoxy) is 6. The van der Waals surface area contributed by atoms with Crippen LogP contribution >= 0.6 is 0 Å². The number of aliphatic hydroxyl groups excluding tert-OH is 11. The zero-order valence-corrected chi connectivity index (χ0v) is 71.3. The van der Waals surface area contributed by atoms with Crippen LogP contribution in [-0.4, -0.2) is 193 Å². The van der Waals surface area contributed by atoms with Crippen LogP contribution in [0.2, 0.25) is 0 Å². The highest BCUT2D eigenvalue weighted by molar-refractivity contribution is 5.76. The Balaban J connectivity index is 1.33. The number of unbranched alkanes of at least 4 members (excludes halogenated alkanes) is 42. The van der Waals surface area contributed by atoms with E-state index in [0.717, 1.165) is 83.5 Å². The second-order valence-corrected chi connectivity index (χ2v) is 32.4. The van der Waals surface area contributed by atoms with Crippen molar-refractivity contribution in [2.45, 2.75) is 458 Å². The van der Waals surface area contributed by atoms with E-state index in [1.54, 1.807) is 6.08 Å². The number of amides is 1. The van der Waals surface area contributed by atoms with Crippen molar-refractivity contribution in [2.24, 2.45) is 0 Å². The highest BCUT2D eigenvalue weighted by atomic mass is 16.8. The molecule has 0 aromatic rings. The minimum absolute atomic E-state index is 0.229. The van der Waals surface area contributed by atoms with Gasteiger partial charge in [-0.05, 0) is 96.3 Å². The van der Waals surface area contributed by atoms with Gasteiger partial charge in [0.05, 0.1) is 38.6 Å². The summed E-state index contributed by atoms with van der Waals surface area (Å²) in [5.74, 6) is -0.287. The summed E-state index contributed by atoms with van der Waals surface area (Å²) < 4.78 is 34.5. The van der Waals surface area contributed by atoms with Gasteiger partial charge in [-0.15, -0.1) is 0 Å². The maximum atomic E-state index is 13.5. The third kappa shape index (κ3) is 51.2. The number of rotatable bonds is 74. The van der Waals surface area contributed by atoms with Gasteiger partial charge in [-0.1, -0.05) is 361 Å². The number of allylic oxidation sites excluding steroid dienone is 17. The molecule has 3 saturated heterocycles. The first-order valence-corrected chi connectivity index (χ1v) is 46.1. The van der Waals surface area contributed by atoms with E-state index in [4.69, 9.17) is 28.4 Å². The predicted octanol–water partition coefficient (Wildman–Crippen LogP) is 18.0. The van der Waals surface area contributed by atoms with Crippen LogP contribution in [0.15, 0.2) is 109 Å². The molecule has 17 unspecified atom stereocenters. The van der Waals surface area contributed by atoms with E-state index < -0.39 is 124 Å². The average Bonchev–Trinajstić information content (AvgIpc) is 0.777. The summed E-state index contributed by atoms with van der Waals surface area (Å²) in [7, 11) is 0. The number of carbonyl (C=O) groups excluding carboxylic acids is 1. The number of aliphatic hydroxyl groups is 11. The maximum Gasteiger partial charge on any atom is 0.220 e. The van der Waals surface area contributed by atoms with Crippen molar-refractivity contribution >= 4 is 5.91 Å². The third-order valence-electron chi connectivity index (χ3n) is 22.3. The van der Waals surface area contributed by atoms with Gasteiger partial charge in [0.15, 0.2) is 18.9 Å². The summed E-state index contributed by atoms with van der Waals surface area (Å²) >= 11 is 0. The van der Waals surface area contributed by atoms with Crippen molar-refractivity contribution in [1.82, 2.24) is 5.32 Å². The molecule has 3 fully saturated rings. The van der Waals surface area contributed by atoms with Gasteiger partial charge >= 0.3 is 0 Å². The second kappa shape index (κ2) is 73.4. The van der Waals surface area contributed by atoms with Crippen molar-refractivity contribution in [2.75, 3.05) is 26.4 Å². The minimum Gasteiger partial charge on any atom is -0.394 e. The van der Waals surface area contributed by atoms with E-state index in [2.05, 4.69) is 116 Å². The summed E-state index contributed by atoms with van der Waals surface area (Å²) in [6.45, 7) is 1.64. The van der Waals surface area contributed by atoms with Crippen molar-refractivity contribution < 1.29 is 89.4 Å². The van der Waals surface area contributed by atoms with Gasteiger partial charge < -0.3 is 89.9 Å². The predicted molar refractivity (Wildman–Crippen MR) is 461 cm³/mol. The normalized spacial score (nSPS) is 25.2. The van der Waals surface area contributed by atoms with Gasteiger partial charge in [0.2, 0.25) is 5.91 Å². The summed E-state index contributed by atoms with van der Waals surface area (Å²) in [5, 5.41) is 121. The van der Waals surface area contributed by atoms with E-state index in [-0.39, 0.29) is 18.9 Å².